The van der Waals surface area contributed by atoms with Crippen LogP contribution in [0.4, 0.5) is 0 Å². The molecule has 0 atom stereocenters. The molecule has 86 valence electrons. The summed E-state index contributed by atoms with van der Waals surface area (Å²) in [6, 6.07) is 3.83. The average Bonchev–Trinajstić information content (AvgIpc) is 2.85. The van der Waals surface area contributed by atoms with Crippen LogP contribution in [0, 0.1) is 0 Å². The molecule has 0 N–H and O–H groups in total. The van der Waals surface area contributed by atoms with E-state index in [9.17, 15) is 9.59 Å². The highest BCUT2D eigenvalue weighted by atomic mass is 16.2. The van der Waals surface area contributed by atoms with Crippen LogP contribution in [0.2, 0.25) is 0 Å². The number of carbonyl (C=O) groups excluding carboxylic acids is 2. The summed E-state index contributed by atoms with van der Waals surface area (Å²) in [4.78, 5) is 28.4. The van der Waals surface area contributed by atoms with Crippen LogP contribution in [0.3, 0.4) is 0 Å². The maximum atomic E-state index is 11.5. The van der Waals surface area contributed by atoms with Gasteiger partial charge in [0.2, 0.25) is 5.91 Å². The van der Waals surface area contributed by atoms with E-state index in [1.807, 2.05) is 28.9 Å². The van der Waals surface area contributed by atoms with E-state index in [1.165, 1.54) is 0 Å². The summed E-state index contributed by atoms with van der Waals surface area (Å²) in [5, 5.41) is 0. The van der Waals surface area contributed by atoms with Gasteiger partial charge in [0.05, 0.1) is 13.0 Å². The molecule has 2 aromatic heterocycles. The molecule has 1 amide bonds. The lowest BCUT2D eigenvalue weighted by molar-refractivity contribution is -0.128. The molecule has 1 saturated heterocycles. The standard InChI is InChI=1S/C12H11N3O2/c16-10-5-12(17)15(8-10)7-9-1-2-11-13-3-4-14(11)6-9/h1-4,6H,5,7-8H2. The van der Waals surface area contributed by atoms with Gasteiger partial charge in [-0.3, -0.25) is 9.59 Å². The lowest BCUT2D eigenvalue weighted by atomic mass is 10.2. The van der Waals surface area contributed by atoms with Crippen molar-refractivity contribution < 1.29 is 9.59 Å². The molecule has 0 saturated carbocycles. The third kappa shape index (κ3) is 1.80. The van der Waals surface area contributed by atoms with Crippen molar-refractivity contribution in [1.29, 1.82) is 0 Å². The van der Waals surface area contributed by atoms with E-state index in [0.29, 0.717) is 6.54 Å². The van der Waals surface area contributed by atoms with E-state index in [2.05, 4.69) is 4.98 Å². The largest absolute Gasteiger partial charge is 0.331 e. The molecule has 0 unspecified atom stereocenters. The number of nitrogens with zero attached hydrogens (tertiary/aromatic N) is 3. The van der Waals surface area contributed by atoms with Gasteiger partial charge >= 0.3 is 0 Å². The molecule has 5 heteroatoms. The van der Waals surface area contributed by atoms with Crippen molar-refractivity contribution in [2.75, 3.05) is 6.54 Å². The van der Waals surface area contributed by atoms with Gasteiger partial charge in [-0.05, 0) is 11.6 Å². The summed E-state index contributed by atoms with van der Waals surface area (Å²) in [6.45, 7) is 0.722. The smallest absolute Gasteiger partial charge is 0.230 e. The van der Waals surface area contributed by atoms with Crippen LogP contribution in [0.25, 0.3) is 5.65 Å². The first-order chi connectivity index (χ1) is 8.22. The fourth-order valence-corrected chi connectivity index (χ4v) is 2.06. The second kappa shape index (κ2) is 3.69. The summed E-state index contributed by atoms with van der Waals surface area (Å²) in [7, 11) is 0. The summed E-state index contributed by atoms with van der Waals surface area (Å²) in [5.74, 6) is -0.0839. The predicted molar refractivity (Wildman–Crippen MR) is 60.2 cm³/mol. The Labute approximate surface area is 97.7 Å². The minimum Gasteiger partial charge on any atom is -0.331 e. The van der Waals surface area contributed by atoms with Gasteiger partial charge < -0.3 is 9.30 Å². The number of hydrogen-bond acceptors (Lipinski definition) is 3. The number of fused-ring (bicyclic) bond motifs is 1. The average molecular weight is 229 g/mol. The molecule has 17 heavy (non-hydrogen) atoms. The fraction of sp³-hybridized carbons (Fsp3) is 0.250. The van der Waals surface area contributed by atoms with Crippen LogP contribution >= 0.6 is 0 Å². The Morgan fingerprint density at radius 1 is 1.29 bits per heavy atom. The zero-order valence-corrected chi connectivity index (χ0v) is 9.17. The van der Waals surface area contributed by atoms with E-state index >= 15 is 0 Å². The second-order valence-corrected chi connectivity index (χ2v) is 4.20. The highest BCUT2D eigenvalue weighted by Gasteiger charge is 2.27. The molecule has 0 aromatic carbocycles. The molecular formula is C12H11N3O2. The molecule has 3 rings (SSSR count). The third-order valence-electron chi connectivity index (χ3n) is 2.89. The van der Waals surface area contributed by atoms with Crippen molar-refractivity contribution in [3.8, 4) is 0 Å². The van der Waals surface area contributed by atoms with E-state index in [1.54, 1.807) is 11.1 Å². The van der Waals surface area contributed by atoms with Gasteiger partial charge in [0, 0.05) is 25.1 Å². The maximum absolute atomic E-state index is 11.5. The Morgan fingerprint density at radius 3 is 2.94 bits per heavy atom. The van der Waals surface area contributed by atoms with Gasteiger partial charge in [-0.15, -0.1) is 0 Å². The Hall–Kier alpha value is -2.17. The molecule has 2 aromatic rings. The van der Waals surface area contributed by atoms with Crippen molar-refractivity contribution in [3.05, 3.63) is 36.3 Å². The van der Waals surface area contributed by atoms with Gasteiger partial charge in [-0.25, -0.2) is 4.98 Å². The lowest BCUT2D eigenvalue weighted by Gasteiger charge is -2.14. The number of rotatable bonds is 2. The first-order valence-corrected chi connectivity index (χ1v) is 5.43. The first kappa shape index (κ1) is 10.0. The van der Waals surface area contributed by atoms with Gasteiger partial charge in [0.1, 0.15) is 5.65 Å². The van der Waals surface area contributed by atoms with Crippen molar-refractivity contribution in [2.45, 2.75) is 13.0 Å². The Bertz CT molecular complexity index is 603. The minimum atomic E-state index is -0.0827. The SMILES string of the molecule is O=C1CC(=O)N(Cc2ccc3nccn3c2)C1. The second-order valence-electron chi connectivity index (χ2n) is 4.20. The summed E-state index contributed by atoms with van der Waals surface area (Å²) >= 11 is 0. The molecule has 0 bridgehead atoms. The van der Waals surface area contributed by atoms with Crippen molar-refractivity contribution in [3.63, 3.8) is 0 Å². The summed E-state index contributed by atoms with van der Waals surface area (Å²) < 4.78 is 1.90. The topological polar surface area (TPSA) is 54.7 Å². The molecule has 1 aliphatic rings. The van der Waals surface area contributed by atoms with E-state index < -0.39 is 0 Å². The predicted octanol–water partition coefficient (Wildman–Crippen LogP) is 0.636. The number of aromatic nitrogens is 2. The Morgan fingerprint density at radius 2 is 2.18 bits per heavy atom. The van der Waals surface area contributed by atoms with Gasteiger partial charge in [-0.1, -0.05) is 6.07 Å². The third-order valence-corrected chi connectivity index (χ3v) is 2.89. The highest BCUT2D eigenvalue weighted by Crippen LogP contribution is 2.13. The zero-order valence-electron chi connectivity index (χ0n) is 9.17. The van der Waals surface area contributed by atoms with E-state index in [0.717, 1.165) is 11.2 Å². The highest BCUT2D eigenvalue weighted by molar-refractivity contribution is 6.05. The van der Waals surface area contributed by atoms with Gasteiger partial charge in [0.25, 0.3) is 0 Å². The van der Waals surface area contributed by atoms with Crippen LogP contribution in [-0.2, 0) is 16.1 Å². The molecule has 1 aliphatic heterocycles. The van der Waals surface area contributed by atoms with Crippen LogP contribution in [0.5, 0.6) is 0 Å². The number of pyridine rings is 1. The molecule has 5 nitrogen and oxygen atoms in total. The van der Waals surface area contributed by atoms with Crippen molar-refractivity contribution in [2.24, 2.45) is 0 Å². The number of Topliss-reactive ketones (excluding diaryl/α,β-unsaturated/α-hetero) is 1. The quantitative estimate of drug-likeness (QED) is 0.710. The van der Waals surface area contributed by atoms with Crippen LogP contribution < -0.4 is 0 Å². The van der Waals surface area contributed by atoms with E-state index in [-0.39, 0.29) is 24.7 Å². The monoisotopic (exact) mass is 229 g/mol. The van der Waals surface area contributed by atoms with Gasteiger partial charge in [-0.2, -0.15) is 0 Å². The Balaban J connectivity index is 1.84. The lowest BCUT2D eigenvalue weighted by Crippen LogP contribution is -2.24. The zero-order chi connectivity index (χ0) is 11.8. The van der Waals surface area contributed by atoms with Crippen molar-refractivity contribution in [1.82, 2.24) is 14.3 Å². The summed E-state index contributed by atoms with van der Waals surface area (Å²) in [5.41, 5.74) is 1.87. The van der Waals surface area contributed by atoms with Crippen LogP contribution in [-0.4, -0.2) is 32.5 Å². The van der Waals surface area contributed by atoms with E-state index in [4.69, 9.17) is 0 Å². The number of imidazole rings is 1. The summed E-state index contributed by atoms with van der Waals surface area (Å²) in [6.07, 6.45) is 5.56. The maximum Gasteiger partial charge on any atom is 0.230 e. The molecule has 0 aliphatic carbocycles. The molecule has 1 fully saturated rings. The van der Waals surface area contributed by atoms with Crippen LogP contribution in [0.15, 0.2) is 30.7 Å². The number of ketones is 1. The number of hydrogen-bond donors (Lipinski definition) is 0. The Kier molecular flexibility index (Phi) is 2.18. The normalized spacial score (nSPS) is 16.1. The van der Waals surface area contributed by atoms with Crippen LogP contribution in [0.1, 0.15) is 12.0 Å². The molecule has 0 radical (unpaired) electrons. The van der Waals surface area contributed by atoms with Gasteiger partial charge in [0.15, 0.2) is 5.78 Å². The first-order valence-electron chi connectivity index (χ1n) is 5.43. The molecule has 0 spiro atoms. The number of amides is 1. The van der Waals surface area contributed by atoms with Crippen molar-refractivity contribution >= 4 is 17.3 Å². The number of carbonyl (C=O) groups is 2. The fourth-order valence-electron chi connectivity index (χ4n) is 2.06. The number of likely N-dealkylation sites (tertiary alicyclic amines) is 1. The molecular weight excluding hydrogens is 218 g/mol. The minimum absolute atomic E-state index is 0.00120. The molecule has 3 heterocycles.